The third-order valence-corrected chi connectivity index (χ3v) is 7.88. The fourth-order valence-corrected chi connectivity index (χ4v) is 5.95. The van der Waals surface area contributed by atoms with Crippen LogP contribution in [0, 0.1) is 13.8 Å². The lowest BCUT2D eigenvalue weighted by atomic mass is 10.00. The number of hydrogen-bond donors (Lipinski definition) is 1. The van der Waals surface area contributed by atoms with E-state index in [9.17, 15) is 9.59 Å². The maximum absolute atomic E-state index is 14.1. The largest absolute Gasteiger partial charge is 0.465 e. The van der Waals surface area contributed by atoms with Crippen LogP contribution in [0.4, 0.5) is 10.5 Å². The predicted molar refractivity (Wildman–Crippen MR) is 151 cm³/mol. The summed E-state index contributed by atoms with van der Waals surface area (Å²) in [7, 11) is 1.33. The van der Waals surface area contributed by atoms with Crippen LogP contribution >= 0.6 is 11.3 Å². The van der Waals surface area contributed by atoms with Crippen molar-refractivity contribution in [1.29, 1.82) is 0 Å². The molecule has 0 aliphatic carbocycles. The van der Waals surface area contributed by atoms with Gasteiger partial charge in [-0.05, 0) is 55.1 Å². The van der Waals surface area contributed by atoms with Crippen molar-refractivity contribution in [2.24, 2.45) is 0 Å². The highest BCUT2D eigenvalue weighted by molar-refractivity contribution is 7.12. The fourth-order valence-electron chi connectivity index (χ4n) is 5.19. The summed E-state index contributed by atoms with van der Waals surface area (Å²) in [6, 6.07) is 23.3. The highest BCUT2D eigenvalue weighted by Gasteiger charge is 2.36. The van der Waals surface area contributed by atoms with Gasteiger partial charge in [0.25, 0.3) is 0 Å². The van der Waals surface area contributed by atoms with Crippen LogP contribution in [0.25, 0.3) is 11.5 Å². The first-order chi connectivity index (χ1) is 19.0. The number of para-hydroxylation sites is 1. The maximum Gasteiger partial charge on any atom is 0.350 e. The van der Waals surface area contributed by atoms with Crippen molar-refractivity contribution in [2.75, 3.05) is 12.4 Å². The number of nitrogens with zero attached hydrogens (tertiary/aromatic N) is 4. The molecule has 5 aromatic rings. The zero-order valence-corrected chi connectivity index (χ0v) is 22.6. The molecule has 6 rings (SSSR count). The minimum absolute atomic E-state index is 0.317. The lowest BCUT2D eigenvalue weighted by Gasteiger charge is -2.31. The molecule has 0 bridgehead atoms. The van der Waals surface area contributed by atoms with Crippen LogP contribution in [-0.2, 0) is 11.3 Å². The molecule has 0 unspecified atom stereocenters. The number of aryl methyl sites for hydroxylation is 2. The molecule has 196 valence electrons. The Labute approximate surface area is 230 Å². The second kappa shape index (κ2) is 9.92. The first-order valence-corrected chi connectivity index (χ1v) is 13.5. The van der Waals surface area contributed by atoms with Gasteiger partial charge in [0.1, 0.15) is 10.7 Å². The third-order valence-electron chi connectivity index (χ3n) is 6.98. The molecular formula is C30H27N5O3S. The number of hydrogen-bond acceptors (Lipinski definition) is 5. The van der Waals surface area contributed by atoms with E-state index in [1.807, 2.05) is 90.3 Å². The summed E-state index contributed by atoms with van der Waals surface area (Å²) >= 11 is 1.23. The topological polar surface area (TPSA) is 81.4 Å². The molecule has 9 heteroatoms. The number of urea groups is 1. The number of thiophene rings is 1. The first-order valence-electron chi connectivity index (χ1n) is 12.6. The minimum atomic E-state index is -0.484. The molecule has 0 radical (unpaired) electrons. The van der Waals surface area contributed by atoms with Crippen LogP contribution in [-0.4, -0.2) is 38.4 Å². The van der Waals surface area contributed by atoms with Crippen LogP contribution in [0.1, 0.15) is 43.8 Å². The molecule has 4 heterocycles. The molecule has 1 aliphatic rings. The Hall–Kier alpha value is -4.63. The first kappa shape index (κ1) is 24.7. The van der Waals surface area contributed by atoms with Crippen molar-refractivity contribution in [3.8, 4) is 11.5 Å². The molecule has 2 amide bonds. The number of methoxy groups -OCH3 is 1. The Bertz CT molecular complexity index is 1680. The van der Waals surface area contributed by atoms with E-state index < -0.39 is 12.0 Å². The third kappa shape index (κ3) is 4.30. The van der Waals surface area contributed by atoms with E-state index in [1.54, 1.807) is 11.4 Å². The number of esters is 1. The minimum Gasteiger partial charge on any atom is -0.465 e. The average Bonchev–Trinajstić information content (AvgIpc) is 3.66. The van der Waals surface area contributed by atoms with Crippen molar-refractivity contribution in [1.82, 2.24) is 19.2 Å². The van der Waals surface area contributed by atoms with Crippen molar-refractivity contribution >= 4 is 29.0 Å². The van der Waals surface area contributed by atoms with Crippen LogP contribution < -0.4 is 5.32 Å². The zero-order valence-electron chi connectivity index (χ0n) is 21.8. The van der Waals surface area contributed by atoms with Gasteiger partial charge in [-0.3, -0.25) is 0 Å². The van der Waals surface area contributed by atoms with E-state index in [-0.39, 0.29) is 6.03 Å². The molecule has 0 spiro atoms. The number of benzene rings is 2. The number of carbonyl (C=O) groups excluding carboxylic acids is 2. The van der Waals surface area contributed by atoms with E-state index in [0.717, 1.165) is 39.6 Å². The van der Waals surface area contributed by atoms with Gasteiger partial charge in [-0.15, -0.1) is 11.3 Å². The number of fused-ring (bicyclic) bond motifs is 3. The van der Waals surface area contributed by atoms with Crippen LogP contribution in [0.15, 0.2) is 84.4 Å². The molecule has 2 aromatic carbocycles. The highest BCUT2D eigenvalue weighted by atomic mass is 32.1. The molecule has 0 saturated carbocycles. The van der Waals surface area contributed by atoms with Crippen LogP contribution in [0.5, 0.6) is 0 Å². The standard InChI is InChI=1S/C30H27N5O3S/c1-19-9-7-10-21(17-19)26-25-13-8-15-33(25)28-23(20(2)32-35(28)22-11-5-4-6-12-22)18-34(26)30(37)31-24-14-16-39-27(24)29(36)38-3/h4-17,26H,18H2,1-3H3,(H,31,37)/t26-/m0/s1. The van der Waals surface area contributed by atoms with Gasteiger partial charge in [-0.1, -0.05) is 48.0 Å². The highest BCUT2D eigenvalue weighted by Crippen LogP contribution is 2.39. The van der Waals surface area contributed by atoms with Gasteiger partial charge >= 0.3 is 12.0 Å². The van der Waals surface area contributed by atoms with Crippen molar-refractivity contribution < 1.29 is 14.3 Å². The number of carbonyl (C=O) groups is 2. The summed E-state index contributed by atoms with van der Waals surface area (Å²) in [6.07, 6.45) is 2.02. The summed E-state index contributed by atoms with van der Waals surface area (Å²) in [6.45, 7) is 4.33. The van der Waals surface area contributed by atoms with Gasteiger partial charge in [0.05, 0.1) is 42.5 Å². The molecule has 1 atom stereocenters. The van der Waals surface area contributed by atoms with Crippen molar-refractivity contribution in [3.05, 3.63) is 117 Å². The molecule has 8 nitrogen and oxygen atoms in total. The fraction of sp³-hybridized carbons (Fsp3) is 0.167. The van der Waals surface area contributed by atoms with Gasteiger partial charge in [0.2, 0.25) is 0 Å². The normalized spacial score (nSPS) is 14.3. The Balaban J connectivity index is 1.52. The van der Waals surface area contributed by atoms with E-state index >= 15 is 0 Å². The molecule has 0 fully saturated rings. The summed E-state index contributed by atoms with van der Waals surface area (Å²) in [5.74, 6) is 0.417. The lowest BCUT2D eigenvalue weighted by Crippen LogP contribution is -2.38. The van der Waals surface area contributed by atoms with Crippen molar-refractivity contribution in [3.63, 3.8) is 0 Å². The van der Waals surface area contributed by atoms with Gasteiger partial charge < -0.3 is 19.5 Å². The van der Waals surface area contributed by atoms with E-state index in [0.29, 0.717) is 17.1 Å². The molecule has 39 heavy (non-hydrogen) atoms. The Morgan fingerprint density at radius 1 is 1.03 bits per heavy atom. The summed E-state index contributed by atoms with van der Waals surface area (Å²) < 4.78 is 8.99. The zero-order chi connectivity index (χ0) is 27.1. The Kier molecular flexibility index (Phi) is 6.28. The van der Waals surface area contributed by atoms with E-state index in [1.165, 1.54) is 18.4 Å². The van der Waals surface area contributed by atoms with E-state index in [2.05, 4.69) is 16.0 Å². The van der Waals surface area contributed by atoms with Gasteiger partial charge in [-0.25, -0.2) is 14.3 Å². The number of ether oxygens (including phenoxy) is 1. The summed E-state index contributed by atoms with van der Waals surface area (Å²) in [5, 5.41) is 9.64. The predicted octanol–water partition coefficient (Wildman–Crippen LogP) is 6.27. The molecule has 1 N–H and O–H groups in total. The number of anilines is 1. The van der Waals surface area contributed by atoms with Crippen LogP contribution in [0.2, 0.25) is 0 Å². The monoisotopic (exact) mass is 537 g/mol. The molecule has 3 aromatic heterocycles. The number of nitrogens with one attached hydrogen (secondary N) is 1. The summed E-state index contributed by atoms with van der Waals surface area (Å²) in [4.78, 5) is 28.6. The average molecular weight is 538 g/mol. The number of aromatic nitrogens is 3. The maximum atomic E-state index is 14.1. The number of rotatable bonds is 4. The van der Waals surface area contributed by atoms with Gasteiger partial charge in [-0.2, -0.15) is 5.10 Å². The SMILES string of the molecule is COC(=O)c1sccc1NC(=O)N1Cc2c(C)nn(-c3ccccc3)c2-n2cccc2[C@@H]1c1cccc(C)c1. The second-order valence-electron chi connectivity index (χ2n) is 9.47. The molecular weight excluding hydrogens is 510 g/mol. The Morgan fingerprint density at radius 3 is 2.62 bits per heavy atom. The van der Waals surface area contributed by atoms with Crippen LogP contribution in [0.3, 0.4) is 0 Å². The number of amides is 2. The van der Waals surface area contributed by atoms with Gasteiger partial charge in [0.15, 0.2) is 0 Å². The quantitative estimate of drug-likeness (QED) is 0.274. The van der Waals surface area contributed by atoms with Gasteiger partial charge in [0, 0.05) is 11.8 Å². The Morgan fingerprint density at radius 2 is 1.85 bits per heavy atom. The molecule has 0 saturated heterocycles. The smallest absolute Gasteiger partial charge is 0.350 e. The molecule has 1 aliphatic heterocycles. The van der Waals surface area contributed by atoms with Crippen molar-refractivity contribution in [2.45, 2.75) is 26.4 Å². The lowest BCUT2D eigenvalue weighted by molar-refractivity contribution is 0.0607. The second-order valence-corrected chi connectivity index (χ2v) is 10.4. The summed E-state index contributed by atoms with van der Waals surface area (Å²) in [5.41, 5.74) is 6.17. The van der Waals surface area contributed by atoms with E-state index in [4.69, 9.17) is 9.84 Å².